The van der Waals surface area contributed by atoms with E-state index in [9.17, 15) is 13.2 Å². The molecule has 0 saturated carbocycles. The molecule has 1 N–H and O–H groups in total. The smallest absolute Gasteiger partial charge is 0.338 e. The highest BCUT2D eigenvalue weighted by molar-refractivity contribution is 7.89. The maximum atomic E-state index is 12.3. The van der Waals surface area contributed by atoms with E-state index in [2.05, 4.69) is 4.72 Å². The van der Waals surface area contributed by atoms with E-state index >= 15 is 0 Å². The lowest BCUT2D eigenvalue weighted by molar-refractivity contribution is 0.0470. The number of furan rings is 1. The standard InChI is InChI=1S/C20H19NO6S/c1-25-19-7-3-2-5-16(19)14-27-20(22)15-8-10-18(11-9-15)28(23,24)21-13-17-6-4-12-26-17/h2-12,21H,13-14H2,1H3. The molecule has 3 rings (SSSR count). The van der Waals surface area contributed by atoms with E-state index in [1.165, 1.54) is 30.5 Å². The van der Waals surface area contributed by atoms with Crippen molar-refractivity contribution < 1.29 is 27.1 Å². The van der Waals surface area contributed by atoms with E-state index in [0.717, 1.165) is 5.56 Å². The van der Waals surface area contributed by atoms with E-state index in [-0.39, 0.29) is 23.6 Å². The number of nitrogens with one attached hydrogen (secondary N) is 1. The van der Waals surface area contributed by atoms with Crippen LogP contribution in [0.5, 0.6) is 5.75 Å². The van der Waals surface area contributed by atoms with Crippen molar-refractivity contribution in [1.29, 1.82) is 0 Å². The second kappa shape index (κ2) is 8.73. The van der Waals surface area contributed by atoms with Gasteiger partial charge in [0, 0.05) is 5.56 Å². The van der Waals surface area contributed by atoms with E-state index in [1.54, 1.807) is 31.4 Å². The summed E-state index contributed by atoms with van der Waals surface area (Å²) in [6.45, 7) is 0.0889. The Morgan fingerprint density at radius 1 is 1.04 bits per heavy atom. The Kier molecular flexibility index (Phi) is 6.13. The number of hydrogen-bond acceptors (Lipinski definition) is 6. The predicted octanol–water partition coefficient (Wildman–Crippen LogP) is 3.12. The first-order chi connectivity index (χ1) is 13.5. The molecule has 0 bridgehead atoms. The first-order valence-corrected chi connectivity index (χ1v) is 9.89. The molecule has 0 spiro atoms. The SMILES string of the molecule is COc1ccccc1COC(=O)c1ccc(S(=O)(=O)NCc2ccco2)cc1. The molecular weight excluding hydrogens is 382 g/mol. The van der Waals surface area contributed by atoms with Crippen LogP contribution in [0.1, 0.15) is 21.7 Å². The zero-order valence-electron chi connectivity index (χ0n) is 15.1. The van der Waals surface area contributed by atoms with Gasteiger partial charge in [0.2, 0.25) is 10.0 Å². The molecule has 28 heavy (non-hydrogen) atoms. The van der Waals surface area contributed by atoms with Gasteiger partial charge in [0.15, 0.2) is 0 Å². The summed E-state index contributed by atoms with van der Waals surface area (Å²) in [5.41, 5.74) is 0.986. The number of para-hydroxylation sites is 1. The van der Waals surface area contributed by atoms with Crippen LogP contribution in [-0.4, -0.2) is 21.5 Å². The summed E-state index contributed by atoms with van der Waals surface area (Å²) in [5, 5.41) is 0. The summed E-state index contributed by atoms with van der Waals surface area (Å²) in [5.74, 6) is 0.567. The van der Waals surface area contributed by atoms with Crippen molar-refractivity contribution in [3.05, 3.63) is 83.8 Å². The predicted molar refractivity (Wildman–Crippen MR) is 101 cm³/mol. The Morgan fingerprint density at radius 2 is 1.79 bits per heavy atom. The van der Waals surface area contributed by atoms with Crippen LogP contribution < -0.4 is 9.46 Å². The van der Waals surface area contributed by atoms with E-state index in [1.807, 2.05) is 12.1 Å². The molecule has 0 aliphatic rings. The number of carbonyl (C=O) groups is 1. The molecule has 0 fully saturated rings. The Hall–Kier alpha value is -3.10. The molecule has 0 atom stereocenters. The van der Waals surface area contributed by atoms with Gasteiger partial charge in [0.05, 0.1) is 30.4 Å². The van der Waals surface area contributed by atoms with Gasteiger partial charge in [-0.1, -0.05) is 18.2 Å². The van der Waals surface area contributed by atoms with Crippen molar-refractivity contribution in [3.63, 3.8) is 0 Å². The molecule has 146 valence electrons. The number of benzene rings is 2. The van der Waals surface area contributed by atoms with Crippen LogP contribution in [0.25, 0.3) is 0 Å². The molecule has 2 aromatic carbocycles. The molecule has 3 aromatic rings. The van der Waals surface area contributed by atoms with Crippen molar-refractivity contribution >= 4 is 16.0 Å². The van der Waals surface area contributed by atoms with Crippen LogP contribution in [0.15, 0.2) is 76.2 Å². The van der Waals surface area contributed by atoms with Gasteiger partial charge in [0.25, 0.3) is 0 Å². The molecule has 7 nitrogen and oxygen atoms in total. The highest BCUT2D eigenvalue weighted by Gasteiger charge is 2.16. The fourth-order valence-electron chi connectivity index (χ4n) is 2.48. The molecular formula is C20H19NO6S. The lowest BCUT2D eigenvalue weighted by Gasteiger charge is -2.10. The molecule has 0 saturated heterocycles. The fourth-order valence-corrected chi connectivity index (χ4v) is 3.47. The van der Waals surface area contributed by atoms with Crippen LogP contribution in [-0.2, 0) is 27.9 Å². The van der Waals surface area contributed by atoms with Gasteiger partial charge in [-0.2, -0.15) is 0 Å². The number of esters is 1. The third kappa shape index (κ3) is 4.79. The molecule has 0 aliphatic carbocycles. The van der Waals surface area contributed by atoms with E-state index < -0.39 is 16.0 Å². The molecule has 8 heteroatoms. The first kappa shape index (κ1) is 19.7. The van der Waals surface area contributed by atoms with Crippen LogP contribution in [0.4, 0.5) is 0 Å². The van der Waals surface area contributed by atoms with Crippen LogP contribution in [0, 0.1) is 0 Å². The van der Waals surface area contributed by atoms with Gasteiger partial charge < -0.3 is 13.9 Å². The summed E-state index contributed by atoms with van der Waals surface area (Å²) < 4.78 is 42.6. The molecule has 0 aliphatic heterocycles. The largest absolute Gasteiger partial charge is 0.496 e. The summed E-state index contributed by atoms with van der Waals surface area (Å²) in [7, 11) is -2.18. The van der Waals surface area contributed by atoms with Crippen molar-refractivity contribution in [1.82, 2.24) is 4.72 Å². The summed E-state index contributed by atoms with van der Waals surface area (Å²) >= 11 is 0. The third-order valence-corrected chi connectivity index (χ3v) is 5.39. The number of sulfonamides is 1. The minimum atomic E-state index is -3.72. The van der Waals surface area contributed by atoms with Gasteiger partial charge in [-0.25, -0.2) is 17.9 Å². The zero-order valence-corrected chi connectivity index (χ0v) is 15.9. The summed E-state index contributed by atoms with van der Waals surface area (Å²) in [6.07, 6.45) is 1.47. The van der Waals surface area contributed by atoms with Crippen molar-refractivity contribution in [3.8, 4) is 5.75 Å². The average molecular weight is 401 g/mol. The third-order valence-electron chi connectivity index (χ3n) is 3.97. The second-order valence-corrected chi connectivity index (χ2v) is 7.58. The lowest BCUT2D eigenvalue weighted by Crippen LogP contribution is -2.23. The normalized spacial score (nSPS) is 11.2. The van der Waals surface area contributed by atoms with Crippen LogP contribution in [0.3, 0.4) is 0 Å². The first-order valence-electron chi connectivity index (χ1n) is 8.41. The summed E-state index contributed by atoms with van der Waals surface area (Å²) in [4.78, 5) is 12.3. The van der Waals surface area contributed by atoms with Gasteiger partial charge >= 0.3 is 5.97 Å². The van der Waals surface area contributed by atoms with Gasteiger partial charge in [-0.05, 0) is 42.5 Å². The number of ether oxygens (including phenoxy) is 2. The number of methoxy groups -OCH3 is 1. The average Bonchev–Trinajstić information content (AvgIpc) is 3.24. The molecule has 0 unspecified atom stereocenters. The zero-order chi connectivity index (χ0) is 20.0. The highest BCUT2D eigenvalue weighted by Crippen LogP contribution is 2.19. The highest BCUT2D eigenvalue weighted by atomic mass is 32.2. The van der Waals surface area contributed by atoms with E-state index in [4.69, 9.17) is 13.9 Å². The Bertz CT molecular complexity index is 1030. The van der Waals surface area contributed by atoms with Crippen LogP contribution >= 0.6 is 0 Å². The van der Waals surface area contributed by atoms with Gasteiger partial charge in [0.1, 0.15) is 18.1 Å². The van der Waals surface area contributed by atoms with Crippen molar-refractivity contribution in [2.45, 2.75) is 18.0 Å². The second-order valence-electron chi connectivity index (χ2n) is 5.82. The summed E-state index contributed by atoms with van der Waals surface area (Å²) in [6, 6.07) is 16.1. The van der Waals surface area contributed by atoms with Crippen LogP contribution in [0.2, 0.25) is 0 Å². The number of carbonyl (C=O) groups excluding carboxylic acids is 1. The minimum absolute atomic E-state index is 0.0397. The van der Waals surface area contributed by atoms with E-state index in [0.29, 0.717) is 11.5 Å². The molecule has 1 heterocycles. The maximum Gasteiger partial charge on any atom is 0.338 e. The van der Waals surface area contributed by atoms with Gasteiger partial charge in [-0.3, -0.25) is 0 Å². The molecule has 1 aromatic heterocycles. The topological polar surface area (TPSA) is 94.8 Å². The lowest BCUT2D eigenvalue weighted by atomic mass is 10.2. The number of rotatable bonds is 8. The van der Waals surface area contributed by atoms with Gasteiger partial charge in [-0.15, -0.1) is 0 Å². The Labute approximate surface area is 162 Å². The van der Waals surface area contributed by atoms with Crippen molar-refractivity contribution in [2.75, 3.05) is 7.11 Å². The Balaban J connectivity index is 1.62. The minimum Gasteiger partial charge on any atom is -0.496 e. The number of hydrogen-bond donors (Lipinski definition) is 1. The molecule has 0 amide bonds. The maximum absolute atomic E-state index is 12.3. The fraction of sp³-hybridized carbons (Fsp3) is 0.150. The van der Waals surface area contributed by atoms with Crippen molar-refractivity contribution in [2.24, 2.45) is 0 Å². The monoisotopic (exact) mass is 401 g/mol. The Morgan fingerprint density at radius 3 is 2.46 bits per heavy atom. The quantitative estimate of drug-likeness (QED) is 0.583. The molecule has 0 radical (unpaired) electrons.